The average molecular weight is 256 g/mol. The van der Waals surface area contributed by atoms with Gasteiger partial charge in [-0.2, -0.15) is 0 Å². The first-order valence-corrected chi connectivity index (χ1v) is 7.75. The summed E-state index contributed by atoms with van der Waals surface area (Å²) in [5.74, 6) is 0.643. The van der Waals surface area contributed by atoms with Crippen LogP contribution < -0.4 is 5.32 Å². The van der Waals surface area contributed by atoms with E-state index < -0.39 is 0 Å². The van der Waals surface area contributed by atoms with Gasteiger partial charge in [-0.1, -0.05) is 27.2 Å². The molecular formula is C15H32N2O. The highest BCUT2D eigenvalue weighted by Gasteiger charge is 2.15. The van der Waals surface area contributed by atoms with Crippen LogP contribution in [0.5, 0.6) is 0 Å². The minimum Gasteiger partial charge on any atom is -0.380 e. The van der Waals surface area contributed by atoms with Crippen molar-refractivity contribution in [2.24, 2.45) is 5.92 Å². The van der Waals surface area contributed by atoms with Gasteiger partial charge in [-0.3, -0.25) is 4.90 Å². The summed E-state index contributed by atoms with van der Waals surface area (Å²) in [7, 11) is 0. The minimum atomic E-state index is 0.643. The van der Waals surface area contributed by atoms with Gasteiger partial charge in [-0.25, -0.2) is 0 Å². The van der Waals surface area contributed by atoms with Crippen molar-refractivity contribution in [1.29, 1.82) is 0 Å². The van der Waals surface area contributed by atoms with Crippen LogP contribution in [0.1, 0.15) is 46.5 Å². The maximum Gasteiger partial charge on any atom is 0.0593 e. The molecule has 3 nitrogen and oxygen atoms in total. The molecule has 0 aliphatic carbocycles. The second-order valence-electron chi connectivity index (χ2n) is 5.92. The number of nitrogens with one attached hydrogen (secondary N) is 1. The second kappa shape index (κ2) is 9.76. The molecule has 0 aromatic heterocycles. The van der Waals surface area contributed by atoms with E-state index in [1.54, 1.807) is 0 Å². The van der Waals surface area contributed by atoms with Gasteiger partial charge in [0, 0.05) is 25.7 Å². The molecule has 0 amide bonds. The summed E-state index contributed by atoms with van der Waals surface area (Å²) in [5, 5.41) is 3.63. The topological polar surface area (TPSA) is 24.5 Å². The molecule has 18 heavy (non-hydrogen) atoms. The lowest BCUT2D eigenvalue weighted by molar-refractivity contribution is 0.0813. The van der Waals surface area contributed by atoms with Crippen molar-refractivity contribution in [3.63, 3.8) is 0 Å². The van der Waals surface area contributed by atoms with Gasteiger partial charge in [-0.05, 0) is 38.3 Å². The third kappa shape index (κ3) is 7.34. The predicted octanol–water partition coefficient (Wildman–Crippen LogP) is 2.51. The van der Waals surface area contributed by atoms with Crippen LogP contribution >= 0.6 is 0 Å². The maximum atomic E-state index is 5.70. The summed E-state index contributed by atoms with van der Waals surface area (Å²) < 4.78 is 5.70. The summed E-state index contributed by atoms with van der Waals surface area (Å²) in [5.41, 5.74) is 0. The Labute approximate surface area is 113 Å². The van der Waals surface area contributed by atoms with Gasteiger partial charge in [-0.15, -0.1) is 0 Å². The molecule has 0 saturated carbocycles. The molecule has 1 rings (SSSR count). The van der Waals surface area contributed by atoms with Crippen molar-refractivity contribution in [3.8, 4) is 0 Å². The van der Waals surface area contributed by atoms with Crippen molar-refractivity contribution in [2.75, 3.05) is 39.4 Å². The lowest BCUT2D eigenvalue weighted by Crippen LogP contribution is -2.44. The zero-order chi connectivity index (χ0) is 13.2. The number of hydrogen-bond acceptors (Lipinski definition) is 3. The first-order valence-electron chi connectivity index (χ1n) is 7.75. The molecule has 1 fully saturated rings. The Bertz CT molecular complexity index is 191. The number of rotatable bonds is 9. The van der Waals surface area contributed by atoms with Gasteiger partial charge in [0.15, 0.2) is 0 Å². The Hall–Kier alpha value is -0.120. The fourth-order valence-corrected chi connectivity index (χ4v) is 2.51. The summed E-state index contributed by atoms with van der Waals surface area (Å²) in [6.45, 7) is 13.1. The number of nitrogens with zero attached hydrogens (tertiary/aromatic N) is 1. The van der Waals surface area contributed by atoms with Gasteiger partial charge < -0.3 is 10.1 Å². The van der Waals surface area contributed by atoms with E-state index in [0.29, 0.717) is 12.0 Å². The van der Waals surface area contributed by atoms with Crippen molar-refractivity contribution >= 4 is 0 Å². The van der Waals surface area contributed by atoms with Crippen molar-refractivity contribution in [2.45, 2.75) is 52.5 Å². The monoisotopic (exact) mass is 256 g/mol. The zero-order valence-electron chi connectivity index (χ0n) is 12.6. The van der Waals surface area contributed by atoms with Crippen LogP contribution in [0, 0.1) is 5.92 Å². The Kier molecular flexibility index (Phi) is 8.64. The van der Waals surface area contributed by atoms with E-state index in [1.807, 2.05) is 0 Å². The van der Waals surface area contributed by atoms with Crippen molar-refractivity contribution in [3.05, 3.63) is 0 Å². The molecule has 3 heteroatoms. The third-order valence-corrected chi connectivity index (χ3v) is 3.43. The molecule has 0 radical (unpaired) electrons. The fraction of sp³-hybridized carbons (Fsp3) is 1.00. The van der Waals surface area contributed by atoms with E-state index in [2.05, 4.69) is 31.0 Å². The van der Waals surface area contributed by atoms with Gasteiger partial charge in [0.2, 0.25) is 0 Å². The summed E-state index contributed by atoms with van der Waals surface area (Å²) in [6.07, 6.45) is 5.31. The van der Waals surface area contributed by atoms with Crippen LogP contribution in [0.4, 0.5) is 0 Å². The van der Waals surface area contributed by atoms with Crippen molar-refractivity contribution < 1.29 is 4.74 Å². The molecule has 1 aliphatic heterocycles. The molecule has 0 spiro atoms. The molecule has 0 bridgehead atoms. The molecule has 0 aromatic rings. The largest absolute Gasteiger partial charge is 0.380 e. The third-order valence-electron chi connectivity index (χ3n) is 3.43. The number of ether oxygens (including phenoxy) is 1. The molecule has 1 N–H and O–H groups in total. The minimum absolute atomic E-state index is 0.643. The van der Waals surface area contributed by atoms with E-state index in [9.17, 15) is 0 Å². The Morgan fingerprint density at radius 3 is 2.72 bits per heavy atom. The summed E-state index contributed by atoms with van der Waals surface area (Å²) in [4.78, 5) is 2.56. The van der Waals surface area contributed by atoms with Gasteiger partial charge in [0.1, 0.15) is 0 Å². The van der Waals surface area contributed by atoms with Crippen LogP contribution in [-0.2, 0) is 4.74 Å². The highest BCUT2D eigenvalue weighted by atomic mass is 16.5. The average Bonchev–Trinajstić information content (AvgIpc) is 2.36. The van der Waals surface area contributed by atoms with E-state index in [-0.39, 0.29) is 0 Å². The summed E-state index contributed by atoms with van der Waals surface area (Å²) >= 11 is 0. The lowest BCUT2D eigenvalue weighted by Gasteiger charge is -2.30. The molecule has 1 aliphatic rings. The Morgan fingerprint density at radius 2 is 2.11 bits per heavy atom. The number of hydrogen-bond donors (Lipinski definition) is 1. The van der Waals surface area contributed by atoms with Crippen LogP contribution in [0.2, 0.25) is 0 Å². The maximum absolute atomic E-state index is 5.70. The fourth-order valence-electron chi connectivity index (χ4n) is 2.51. The summed E-state index contributed by atoms with van der Waals surface area (Å²) in [6, 6.07) is 0.704. The van der Waals surface area contributed by atoms with E-state index >= 15 is 0 Å². The van der Waals surface area contributed by atoms with Crippen LogP contribution in [-0.4, -0.2) is 50.3 Å². The SMILES string of the molecule is CCCN(CCOCC(C)C)CC1CCCCN1. The molecule has 0 aromatic carbocycles. The molecule has 108 valence electrons. The van der Waals surface area contributed by atoms with E-state index in [0.717, 1.165) is 19.8 Å². The Balaban J connectivity index is 2.16. The van der Waals surface area contributed by atoms with E-state index in [1.165, 1.54) is 45.3 Å². The normalized spacial score (nSPS) is 20.8. The van der Waals surface area contributed by atoms with Gasteiger partial charge in [0.25, 0.3) is 0 Å². The second-order valence-corrected chi connectivity index (χ2v) is 5.92. The zero-order valence-corrected chi connectivity index (χ0v) is 12.6. The van der Waals surface area contributed by atoms with Gasteiger partial charge >= 0.3 is 0 Å². The van der Waals surface area contributed by atoms with E-state index in [4.69, 9.17) is 4.74 Å². The first kappa shape index (κ1) is 15.9. The number of piperidine rings is 1. The standard InChI is InChI=1S/C15H32N2O/c1-4-9-17(10-11-18-13-14(2)3)12-15-7-5-6-8-16-15/h14-16H,4-13H2,1-3H3. The van der Waals surface area contributed by atoms with Crippen LogP contribution in [0.15, 0.2) is 0 Å². The molecule has 1 heterocycles. The Morgan fingerprint density at radius 1 is 1.28 bits per heavy atom. The highest BCUT2D eigenvalue weighted by Crippen LogP contribution is 2.08. The molecule has 1 saturated heterocycles. The highest BCUT2D eigenvalue weighted by molar-refractivity contribution is 4.76. The smallest absolute Gasteiger partial charge is 0.0593 e. The van der Waals surface area contributed by atoms with Crippen LogP contribution in [0.3, 0.4) is 0 Å². The first-order chi connectivity index (χ1) is 8.72. The molecule has 1 atom stereocenters. The van der Waals surface area contributed by atoms with Gasteiger partial charge in [0.05, 0.1) is 6.61 Å². The van der Waals surface area contributed by atoms with Crippen LogP contribution in [0.25, 0.3) is 0 Å². The molecular weight excluding hydrogens is 224 g/mol. The lowest BCUT2D eigenvalue weighted by atomic mass is 10.0. The quantitative estimate of drug-likeness (QED) is 0.642. The van der Waals surface area contributed by atoms with Crippen molar-refractivity contribution in [1.82, 2.24) is 10.2 Å². The molecule has 1 unspecified atom stereocenters. The predicted molar refractivity (Wildman–Crippen MR) is 78.0 cm³/mol.